The van der Waals surface area contributed by atoms with E-state index >= 15 is 0 Å². The summed E-state index contributed by atoms with van der Waals surface area (Å²) in [5.41, 5.74) is 7.32. The highest BCUT2D eigenvalue weighted by Gasteiger charge is 2.07. The molecule has 0 saturated carbocycles. The van der Waals surface area contributed by atoms with E-state index in [1.165, 1.54) is 6.20 Å². The van der Waals surface area contributed by atoms with Gasteiger partial charge in [0, 0.05) is 12.3 Å². The van der Waals surface area contributed by atoms with Crippen molar-refractivity contribution in [3.8, 4) is 6.07 Å². The lowest BCUT2D eigenvalue weighted by atomic mass is 10.2. The number of nitrogens with zero attached hydrogens (tertiary/aromatic N) is 3. The molecule has 0 aliphatic heterocycles. The van der Waals surface area contributed by atoms with Crippen LogP contribution in [0.25, 0.3) is 0 Å². The van der Waals surface area contributed by atoms with Gasteiger partial charge in [-0.05, 0) is 13.0 Å². The van der Waals surface area contributed by atoms with Crippen molar-refractivity contribution < 1.29 is 4.52 Å². The fourth-order valence-corrected chi connectivity index (χ4v) is 1.38. The van der Waals surface area contributed by atoms with Gasteiger partial charge in [0.15, 0.2) is 11.6 Å². The highest BCUT2D eigenvalue weighted by atomic mass is 16.5. The topological polar surface area (TPSA) is 101 Å². The van der Waals surface area contributed by atoms with Crippen LogP contribution in [0.4, 0.5) is 11.5 Å². The lowest BCUT2D eigenvalue weighted by molar-refractivity contribution is 0.384. The Morgan fingerprint density at radius 2 is 2.41 bits per heavy atom. The van der Waals surface area contributed by atoms with E-state index in [1.807, 2.05) is 19.1 Å². The Morgan fingerprint density at radius 3 is 3.06 bits per heavy atom. The molecule has 86 valence electrons. The molecule has 6 nitrogen and oxygen atoms in total. The van der Waals surface area contributed by atoms with Crippen LogP contribution in [0, 0.1) is 18.3 Å². The number of aromatic nitrogens is 2. The highest BCUT2D eigenvalue weighted by Crippen LogP contribution is 2.19. The molecule has 0 bridgehead atoms. The first kappa shape index (κ1) is 11.0. The Kier molecular flexibility index (Phi) is 2.92. The van der Waals surface area contributed by atoms with Crippen LogP contribution in [-0.4, -0.2) is 10.1 Å². The predicted molar refractivity (Wildman–Crippen MR) is 61.9 cm³/mol. The van der Waals surface area contributed by atoms with Gasteiger partial charge >= 0.3 is 0 Å². The van der Waals surface area contributed by atoms with Crippen LogP contribution in [0.5, 0.6) is 0 Å². The minimum Gasteiger partial charge on any atom is -0.395 e. The molecule has 2 aromatic rings. The molecular weight excluding hydrogens is 218 g/mol. The third-order valence-electron chi connectivity index (χ3n) is 2.22. The third-order valence-corrected chi connectivity index (χ3v) is 2.22. The maximum Gasteiger partial charge on any atom is 0.156 e. The predicted octanol–water partition coefficient (Wildman–Crippen LogP) is 1.44. The second-order valence-corrected chi connectivity index (χ2v) is 3.52. The van der Waals surface area contributed by atoms with Gasteiger partial charge in [-0.3, -0.25) is 0 Å². The Morgan fingerprint density at radius 1 is 1.59 bits per heavy atom. The summed E-state index contributed by atoms with van der Waals surface area (Å²) in [5, 5.41) is 15.6. The Labute approximate surface area is 98.1 Å². The summed E-state index contributed by atoms with van der Waals surface area (Å²) in [5.74, 6) is 1.16. The zero-order chi connectivity index (χ0) is 12.3. The molecule has 2 heterocycles. The number of nitrogen functional groups attached to an aromatic ring is 1. The quantitative estimate of drug-likeness (QED) is 0.825. The molecule has 0 aliphatic carbocycles. The summed E-state index contributed by atoms with van der Waals surface area (Å²) < 4.78 is 5.04. The van der Waals surface area contributed by atoms with Gasteiger partial charge in [-0.15, -0.1) is 0 Å². The van der Waals surface area contributed by atoms with Gasteiger partial charge < -0.3 is 15.6 Å². The minimum atomic E-state index is 0.339. The standard InChI is InChI=1S/C11H11N5O/c1-7-4-9(17-16-7)6-15-11-10(13)8(5-12)2-3-14-11/h2-4H,6,13H2,1H3,(H,14,15). The molecule has 0 unspecified atom stereocenters. The van der Waals surface area contributed by atoms with Gasteiger partial charge in [0.25, 0.3) is 0 Å². The van der Waals surface area contributed by atoms with Crippen molar-refractivity contribution in [1.29, 1.82) is 5.26 Å². The number of hydrogen-bond acceptors (Lipinski definition) is 6. The van der Waals surface area contributed by atoms with Crippen molar-refractivity contribution in [3.63, 3.8) is 0 Å². The Bertz CT molecular complexity index is 569. The van der Waals surface area contributed by atoms with Crippen LogP contribution in [0.15, 0.2) is 22.9 Å². The summed E-state index contributed by atoms with van der Waals surface area (Å²) in [4.78, 5) is 4.06. The molecular formula is C11H11N5O. The maximum atomic E-state index is 8.82. The summed E-state index contributed by atoms with van der Waals surface area (Å²) in [7, 11) is 0. The van der Waals surface area contributed by atoms with E-state index in [0.717, 1.165) is 5.69 Å². The van der Waals surface area contributed by atoms with E-state index in [0.29, 0.717) is 29.4 Å². The molecule has 0 atom stereocenters. The van der Waals surface area contributed by atoms with Gasteiger partial charge in [-0.2, -0.15) is 5.26 Å². The molecule has 0 radical (unpaired) electrons. The number of hydrogen-bond donors (Lipinski definition) is 2. The zero-order valence-electron chi connectivity index (χ0n) is 9.27. The van der Waals surface area contributed by atoms with Crippen LogP contribution >= 0.6 is 0 Å². The minimum absolute atomic E-state index is 0.339. The van der Waals surface area contributed by atoms with Gasteiger partial charge in [0.05, 0.1) is 23.5 Å². The zero-order valence-corrected chi connectivity index (χ0v) is 9.27. The molecule has 6 heteroatoms. The van der Waals surface area contributed by atoms with Crippen molar-refractivity contribution in [2.75, 3.05) is 11.1 Å². The van der Waals surface area contributed by atoms with Gasteiger partial charge in [0.1, 0.15) is 6.07 Å². The lowest BCUT2D eigenvalue weighted by Crippen LogP contribution is -2.05. The number of nitrogens with two attached hydrogens (primary N) is 1. The summed E-state index contributed by atoms with van der Waals surface area (Å²) in [6.45, 7) is 2.27. The van der Waals surface area contributed by atoms with Gasteiger partial charge in [0.2, 0.25) is 0 Å². The van der Waals surface area contributed by atoms with Crippen molar-refractivity contribution in [2.45, 2.75) is 13.5 Å². The summed E-state index contributed by atoms with van der Waals surface area (Å²) >= 11 is 0. The molecule has 0 aliphatic rings. The number of nitrogens with one attached hydrogen (secondary N) is 1. The molecule has 0 spiro atoms. The maximum absolute atomic E-state index is 8.82. The average Bonchev–Trinajstić information content (AvgIpc) is 2.74. The van der Waals surface area contributed by atoms with Gasteiger partial charge in [-0.1, -0.05) is 5.16 Å². The summed E-state index contributed by atoms with van der Waals surface area (Å²) in [6.07, 6.45) is 1.53. The van der Waals surface area contributed by atoms with Crippen LogP contribution in [0.3, 0.4) is 0 Å². The van der Waals surface area contributed by atoms with Crippen LogP contribution in [-0.2, 0) is 6.54 Å². The first-order valence-corrected chi connectivity index (χ1v) is 5.01. The Balaban J connectivity index is 2.12. The van der Waals surface area contributed by atoms with Crippen molar-refractivity contribution in [1.82, 2.24) is 10.1 Å². The number of rotatable bonds is 3. The van der Waals surface area contributed by atoms with Crippen molar-refractivity contribution in [2.24, 2.45) is 0 Å². The monoisotopic (exact) mass is 229 g/mol. The van der Waals surface area contributed by atoms with Gasteiger partial charge in [-0.25, -0.2) is 4.98 Å². The largest absolute Gasteiger partial charge is 0.395 e. The number of aryl methyl sites for hydroxylation is 1. The molecule has 3 N–H and O–H groups in total. The van der Waals surface area contributed by atoms with Crippen LogP contribution in [0.2, 0.25) is 0 Å². The molecule has 17 heavy (non-hydrogen) atoms. The number of anilines is 2. The van der Waals surface area contributed by atoms with E-state index in [1.54, 1.807) is 6.07 Å². The lowest BCUT2D eigenvalue weighted by Gasteiger charge is -2.06. The van der Waals surface area contributed by atoms with Crippen LogP contribution in [0.1, 0.15) is 17.0 Å². The fourth-order valence-electron chi connectivity index (χ4n) is 1.38. The molecule has 0 fully saturated rings. The highest BCUT2D eigenvalue weighted by molar-refractivity contribution is 5.68. The van der Waals surface area contributed by atoms with Crippen LogP contribution < -0.4 is 11.1 Å². The smallest absolute Gasteiger partial charge is 0.156 e. The third kappa shape index (κ3) is 2.34. The summed E-state index contributed by atoms with van der Waals surface area (Å²) in [6, 6.07) is 5.38. The normalized spacial score (nSPS) is 9.88. The SMILES string of the molecule is Cc1cc(CNc2nccc(C#N)c2N)on1. The molecule has 2 rings (SSSR count). The molecule has 0 aromatic carbocycles. The Hall–Kier alpha value is -2.55. The van der Waals surface area contributed by atoms with E-state index in [2.05, 4.69) is 15.5 Å². The first-order valence-electron chi connectivity index (χ1n) is 5.01. The van der Waals surface area contributed by atoms with E-state index in [-0.39, 0.29) is 0 Å². The number of pyridine rings is 1. The first-order chi connectivity index (χ1) is 8.20. The average molecular weight is 229 g/mol. The molecule has 0 saturated heterocycles. The fraction of sp³-hybridized carbons (Fsp3) is 0.182. The van der Waals surface area contributed by atoms with E-state index in [9.17, 15) is 0 Å². The number of nitriles is 1. The molecule has 2 aromatic heterocycles. The van der Waals surface area contributed by atoms with E-state index in [4.69, 9.17) is 15.5 Å². The van der Waals surface area contributed by atoms with Crippen molar-refractivity contribution in [3.05, 3.63) is 35.3 Å². The second kappa shape index (κ2) is 4.53. The van der Waals surface area contributed by atoms with E-state index < -0.39 is 0 Å². The molecule has 0 amide bonds. The van der Waals surface area contributed by atoms with Crippen molar-refractivity contribution >= 4 is 11.5 Å². The second-order valence-electron chi connectivity index (χ2n) is 3.52.